The van der Waals surface area contributed by atoms with Gasteiger partial charge in [-0.2, -0.15) is 35.3 Å². The lowest BCUT2D eigenvalue weighted by Gasteiger charge is -2.21. The van der Waals surface area contributed by atoms with Gasteiger partial charge in [-0.3, -0.25) is 14.4 Å². The van der Waals surface area contributed by atoms with Crippen LogP contribution in [-0.4, -0.2) is 89.5 Å². The number of hydrogen-bond donors (Lipinski definition) is 5. The molecule has 0 aromatic rings. The Balaban J connectivity index is 4.75. The number of carbonyl (C=O) groups excluding carboxylic acids is 3. The van der Waals surface area contributed by atoms with Gasteiger partial charge in [-0.1, -0.05) is 0 Å². The van der Waals surface area contributed by atoms with Gasteiger partial charge in [-0.25, -0.2) is 4.79 Å². The summed E-state index contributed by atoms with van der Waals surface area (Å²) in [7, 11) is 0. The number of amides is 3. The summed E-state index contributed by atoms with van der Waals surface area (Å²) in [6.45, 7) is -0.302. The minimum absolute atomic E-state index is 0.287. The Morgan fingerprint density at radius 3 is 1.86 bits per heavy atom. The average Bonchev–Trinajstić information content (AvgIpc) is 2.69. The van der Waals surface area contributed by atoms with Gasteiger partial charge in [0.1, 0.15) is 12.1 Å². The van der Waals surface area contributed by atoms with E-state index in [1.54, 1.807) is 11.8 Å². The highest BCUT2D eigenvalue weighted by atomic mass is 32.2. The van der Waals surface area contributed by atoms with Crippen LogP contribution in [0.15, 0.2) is 0 Å². The van der Waals surface area contributed by atoms with E-state index < -0.39 is 41.8 Å². The van der Waals surface area contributed by atoms with E-state index in [0.717, 1.165) is 5.75 Å². The Bertz CT molecular complexity index is 539. The number of nitrogens with one attached hydrogen (secondary N) is 3. The molecule has 29 heavy (non-hydrogen) atoms. The first kappa shape index (κ1) is 27.9. The molecule has 0 bridgehead atoms. The third-order valence-electron chi connectivity index (χ3n) is 3.88. The van der Waals surface area contributed by atoms with Crippen molar-refractivity contribution in [1.82, 2.24) is 16.0 Å². The van der Waals surface area contributed by atoms with Crippen molar-refractivity contribution in [1.29, 1.82) is 0 Å². The topological polar surface area (TPSA) is 151 Å². The van der Waals surface area contributed by atoms with Crippen LogP contribution in [0.1, 0.15) is 19.3 Å². The highest BCUT2D eigenvalue weighted by Crippen LogP contribution is 2.05. The summed E-state index contributed by atoms with van der Waals surface area (Å²) >= 11 is 4.56. The van der Waals surface area contributed by atoms with Crippen molar-refractivity contribution in [3.8, 4) is 0 Å². The van der Waals surface area contributed by atoms with Gasteiger partial charge >= 0.3 is 5.97 Å². The second-order valence-electron chi connectivity index (χ2n) is 6.19. The maximum atomic E-state index is 12.5. The molecule has 0 aromatic heterocycles. The van der Waals surface area contributed by atoms with E-state index in [0.29, 0.717) is 24.3 Å². The molecule has 9 nitrogen and oxygen atoms in total. The third-order valence-corrected chi connectivity index (χ3v) is 5.81. The van der Waals surface area contributed by atoms with Crippen LogP contribution in [0, 0.1) is 0 Å². The Hall–Kier alpha value is -1.11. The van der Waals surface area contributed by atoms with Crippen LogP contribution in [0.25, 0.3) is 0 Å². The van der Waals surface area contributed by atoms with Gasteiger partial charge in [-0.15, -0.1) is 0 Å². The molecule has 3 atom stereocenters. The van der Waals surface area contributed by atoms with Crippen LogP contribution in [0.5, 0.6) is 0 Å². The Morgan fingerprint density at radius 2 is 1.34 bits per heavy atom. The fourth-order valence-corrected chi connectivity index (χ4v) is 3.62. The smallest absolute Gasteiger partial charge is 0.326 e. The molecule has 0 saturated carbocycles. The first-order chi connectivity index (χ1) is 13.8. The summed E-state index contributed by atoms with van der Waals surface area (Å²) in [5.41, 5.74) is 5.75. The normalized spacial score (nSPS) is 13.8. The summed E-state index contributed by atoms with van der Waals surface area (Å²) in [6.07, 6.45) is 6.76. The predicted octanol–water partition coefficient (Wildman–Crippen LogP) is -0.257. The first-order valence-corrected chi connectivity index (χ1v) is 13.3. The van der Waals surface area contributed by atoms with Crippen molar-refractivity contribution in [2.45, 2.75) is 37.4 Å². The van der Waals surface area contributed by atoms with E-state index in [9.17, 15) is 24.3 Å². The maximum Gasteiger partial charge on any atom is 0.326 e. The second-order valence-corrected chi connectivity index (χ2v) is 9.15. The largest absolute Gasteiger partial charge is 0.480 e. The van der Waals surface area contributed by atoms with E-state index in [1.807, 2.05) is 18.8 Å². The van der Waals surface area contributed by atoms with Crippen LogP contribution >= 0.6 is 35.3 Å². The molecule has 0 aliphatic heterocycles. The molecule has 0 radical (unpaired) electrons. The van der Waals surface area contributed by atoms with E-state index >= 15 is 0 Å². The summed E-state index contributed by atoms with van der Waals surface area (Å²) in [5.74, 6) is -0.707. The summed E-state index contributed by atoms with van der Waals surface area (Å²) in [4.78, 5) is 47.9. The molecule has 3 amide bonds. The summed E-state index contributed by atoms with van der Waals surface area (Å²) in [6, 6.07) is -2.59. The number of aliphatic carboxylic acids is 1. The standard InChI is InChI=1S/C17H32N4O5S3/c1-27-7-4-11(18)15(23)19-10-14(22)20-12(5-8-28-2)16(24)21-13(17(25)26)6-9-29-3/h11-13H,4-10,18H2,1-3H3,(H,19,23)(H,20,22)(H,21,24)(H,25,26)/t11-,12-,13+/m0/s1. The van der Waals surface area contributed by atoms with E-state index in [2.05, 4.69) is 16.0 Å². The van der Waals surface area contributed by atoms with E-state index in [4.69, 9.17) is 5.73 Å². The molecule has 0 aromatic carbocycles. The zero-order valence-electron chi connectivity index (χ0n) is 17.1. The van der Waals surface area contributed by atoms with Crippen LogP contribution < -0.4 is 21.7 Å². The number of carboxylic acid groups (broad SMARTS) is 1. The van der Waals surface area contributed by atoms with Crippen molar-refractivity contribution >= 4 is 59.0 Å². The predicted molar refractivity (Wildman–Crippen MR) is 121 cm³/mol. The molecule has 12 heteroatoms. The van der Waals surface area contributed by atoms with Crippen LogP contribution in [0.4, 0.5) is 0 Å². The minimum atomic E-state index is -1.12. The summed E-state index contributed by atoms with van der Waals surface area (Å²) < 4.78 is 0. The fraction of sp³-hybridized carbons (Fsp3) is 0.765. The number of carbonyl (C=O) groups is 4. The number of thioether (sulfide) groups is 3. The van der Waals surface area contributed by atoms with Crippen molar-refractivity contribution in [2.24, 2.45) is 5.73 Å². The fourth-order valence-electron chi connectivity index (χ4n) is 2.19. The molecule has 6 N–H and O–H groups in total. The van der Waals surface area contributed by atoms with Crippen molar-refractivity contribution in [2.75, 3.05) is 42.6 Å². The van der Waals surface area contributed by atoms with Gasteiger partial charge in [0.25, 0.3) is 0 Å². The van der Waals surface area contributed by atoms with Gasteiger partial charge in [0, 0.05) is 0 Å². The molecule has 0 aliphatic rings. The van der Waals surface area contributed by atoms with Crippen LogP contribution in [0.3, 0.4) is 0 Å². The average molecular weight is 469 g/mol. The number of rotatable bonds is 16. The van der Waals surface area contributed by atoms with Crippen LogP contribution in [0.2, 0.25) is 0 Å². The molecule has 0 fully saturated rings. The number of carboxylic acids is 1. The highest BCUT2D eigenvalue weighted by Gasteiger charge is 2.26. The zero-order valence-corrected chi connectivity index (χ0v) is 19.5. The monoisotopic (exact) mass is 468 g/mol. The minimum Gasteiger partial charge on any atom is -0.480 e. The maximum absolute atomic E-state index is 12.5. The van der Waals surface area contributed by atoms with Crippen molar-refractivity contribution in [3.63, 3.8) is 0 Å². The lowest BCUT2D eigenvalue weighted by Crippen LogP contribution is -2.54. The second kappa shape index (κ2) is 16.7. The summed E-state index contributed by atoms with van der Waals surface area (Å²) in [5, 5.41) is 16.8. The van der Waals surface area contributed by atoms with Crippen molar-refractivity contribution < 1.29 is 24.3 Å². The van der Waals surface area contributed by atoms with Gasteiger partial charge < -0.3 is 26.8 Å². The third kappa shape index (κ3) is 12.9. The quantitative estimate of drug-likeness (QED) is 0.206. The SMILES string of the molecule is CSCC[C@H](NC(=O)CNC(=O)[C@@H](N)CCSC)C(=O)N[C@H](CCSC)C(=O)O. The molecule has 0 unspecified atom stereocenters. The Morgan fingerprint density at radius 1 is 0.828 bits per heavy atom. The number of hydrogen-bond acceptors (Lipinski definition) is 8. The van der Waals surface area contributed by atoms with Gasteiger partial charge in [0.05, 0.1) is 12.6 Å². The molecule has 0 heterocycles. The van der Waals surface area contributed by atoms with E-state index in [1.165, 1.54) is 23.5 Å². The van der Waals surface area contributed by atoms with Crippen LogP contribution in [-0.2, 0) is 19.2 Å². The molecule has 0 aliphatic carbocycles. The molecular formula is C17H32N4O5S3. The Labute approximate surface area is 184 Å². The molecular weight excluding hydrogens is 436 g/mol. The lowest BCUT2D eigenvalue weighted by atomic mass is 10.1. The zero-order chi connectivity index (χ0) is 22.2. The molecule has 0 rings (SSSR count). The highest BCUT2D eigenvalue weighted by molar-refractivity contribution is 7.98. The van der Waals surface area contributed by atoms with Gasteiger partial charge in [0.2, 0.25) is 17.7 Å². The Kier molecular flexibility index (Phi) is 16.0. The molecule has 0 spiro atoms. The first-order valence-electron chi connectivity index (χ1n) is 9.09. The molecule has 168 valence electrons. The van der Waals surface area contributed by atoms with Gasteiger partial charge in [0.15, 0.2) is 0 Å². The lowest BCUT2D eigenvalue weighted by molar-refractivity contribution is -0.142. The number of nitrogens with two attached hydrogens (primary N) is 1. The van der Waals surface area contributed by atoms with Gasteiger partial charge in [-0.05, 0) is 55.3 Å². The molecule has 0 saturated heterocycles. The van der Waals surface area contributed by atoms with Crippen molar-refractivity contribution in [3.05, 3.63) is 0 Å². The van der Waals surface area contributed by atoms with E-state index in [-0.39, 0.29) is 13.0 Å².